The van der Waals surface area contributed by atoms with Crippen molar-refractivity contribution in [2.45, 2.75) is 26.9 Å². The minimum absolute atomic E-state index is 0.105. The molecule has 0 fully saturated rings. The Balaban J connectivity index is 1.68. The predicted molar refractivity (Wildman–Crippen MR) is 79.5 cm³/mol. The predicted octanol–water partition coefficient (Wildman–Crippen LogP) is 2.95. The fourth-order valence-electron chi connectivity index (χ4n) is 2.13. The minimum Gasteiger partial charge on any atom is -0.452 e. The normalized spacial score (nSPS) is 10.7. The van der Waals surface area contributed by atoms with Gasteiger partial charge in [-0.25, -0.2) is 4.79 Å². The van der Waals surface area contributed by atoms with Crippen LogP contribution in [0.2, 0.25) is 0 Å². The van der Waals surface area contributed by atoms with Gasteiger partial charge in [-0.1, -0.05) is 30.3 Å². The number of nitrogens with zero attached hydrogens (tertiary/aromatic N) is 3. The smallest absolute Gasteiger partial charge is 0.344 e. The van der Waals surface area contributed by atoms with E-state index < -0.39 is 5.97 Å². The van der Waals surface area contributed by atoms with Gasteiger partial charge >= 0.3 is 5.97 Å². The molecule has 7 heteroatoms. The summed E-state index contributed by atoms with van der Waals surface area (Å²) in [5, 5.41) is 11.6. The van der Waals surface area contributed by atoms with Crippen molar-refractivity contribution in [1.29, 1.82) is 0 Å². The monoisotopic (exact) mass is 313 g/mol. The van der Waals surface area contributed by atoms with Crippen LogP contribution in [0.4, 0.5) is 0 Å². The summed E-state index contributed by atoms with van der Waals surface area (Å²) in [5.74, 6) is 0.527. The van der Waals surface area contributed by atoms with Gasteiger partial charge in [0, 0.05) is 5.56 Å². The molecule has 118 valence electrons. The number of carbonyl (C=O) groups excluding carboxylic acids is 1. The molecule has 2 aromatic heterocycles. The van der Waals surface area contributed by atoms with Crippen LogP contribution in [-0.2, 0) is 17.8 Å². The third-order valence-electron chi connectivity index (χ3n) is 3.29. The lowest BCUT2D eigenvalue weighted by Gasteiger charge is -2.01. The minimum atomic E-state index is -0.514. The van der Waals surface area contributed by atoms with Gasteiger partial charge in [-0.05, 0) is 25.5 Å². The van der Waals surface area contributed by atoms with Gasteiger partial charge in [-0.2, -0.15) is 0 Å². The zero-order valence-corrected chi connectivity index (χ0v) is 12.8. The third-order valence-corrected chi connectivity index (χ3v) is 3.29. The highest BCUT2D eigenvalue weighted by Crippen LogP contribution is 2.19. The lowest BCUT2D eigenvalue weighted by molar-refractivity contribution is 0.0435. The Morgan fingerprint density at radius 2 is 2.00 bits per heavy atom. The number of aromatic nitrogens is 3. The maximum Gasteiger partial charge on any atom is 0.344 e. The zero-order chi connectivity index (χ0) is 16.2. The Kier molecular flexibility index (Phi) is 4.18. The number of hydrogen-bond acceptors (Lipinski definition) is 7. The molecule has 3 rings (SSSR count). The fraction of sp³-hybridized carbons (Fsp3) is 0.250. The first-order valence-electron chi connectivity index (χ1n) is 7.19. The molecule has 0 radical (unpaired) electrons. The van der Waals surface area contributed by atoms with Crippen LogP contribution in [0.3, 0.4) is 0 Å². The summed E-state index contributed by atoms with van der Waals surface area (Å²) < 4.78 is 15.7. The van der Waals surface area contributed by atoms with Crippen LogP contribution in [-0.4, -0.2) is 21.3 Å². The average Bonchev–Trinajstić information content (AvgIpc) is 3.20. The lowest BCUT2D eigenvalue weighted by atomic mass is 10.1. The van der Waals surface area contributed by atoms with Crippen LogP contribution < -0.4 is 0 Å². The standard InChI is InChI=1S/C16H15N3O4/c1-3-12-14(10(2)23-19-12)16(20)21-9-13-17-18-15(22-13)11-7-5-4-6-8-11/h4-8H,3,9H2,1-2H3. The molecule has 0 unspecified atom stereocenters. The second kappa shape index (κ2) is 6.43. The molecule has 23 heavy (non-hydrogen) atoms. The molecule has 7 nitrogen and oxygen atoms in total. The number of aryl methyl sites for hydroxylation is 2. The van der Waals surface area contributed by atoms with Crippen molar-refractivity contribution in [3.05, 3.63) is 53.2 Å². The molecule has 0 saturated carbocycles. The Bertz CT molecular complexity index is 808. The van der Waals surface area contributed by atoms with E-state index in [4.69, 9.17) is 13.7 Å². The molecular weight excluding hydrogens is 298 g/mol. The Morgan fingerprint density at radius 3 is 2.74 bits per heavy atom. The van der Waals surface area contributed by atoms with E-state index in [-0.39, 0.29) is 12.5 Å². The van der Waals surface area contributed by atoms with Crippen molar-refractivity contribution in [2.75, 3.05) is 0 Å². The number of benzene rings is 1. The van der Waals surface area contributed by atoms with Crippen molar-refractivity contribution in [2.24, 2.45) is 0 Å². The second-order valence-electron chi connectivity index (χ2n) is 4.86. The first-order valence-corrected chi connectivity index (χ1v) is 7.19. The van der Waals surface area contributed by atoms with Crippen LogP contribution in [0.5, 0.6) is 0 Å². The van der Waals surface area contributed by atoms with Gasteiger partial charge in [0.1, 0.15) is 11.3 Å². The molecule has 0 aliphatic rings. The fourth-order valence-corrected chi connectivity index (χ4v) is 2.13. The highest BCUT2D eigenvalue weighted by atomic mass is 16.5. The van der Waals surface area contributed by atoms with Gasteiger partial charge in [0.2, 0.25) is 5.89 Å². The molecule has 3 aromatic rings. The van der Waals surface area contributed by atoms with Crippen molar-refractivity contribution in [3.63, 3.8) is 0 Å². The summed E-state index contributed by atoms with van der Waals surface area (Å²) in [5.41, 5.74) is 1.74. The quantitative estimate of drug-likeness (QED) is 0.669. The van der Waals surface area contributed by atoms with Crippen LogP contribution in [0.1, 0.15) is 34.6 Å². The molecule has 0 aliphatic carbocycles. The molecule has 0 aliphatic heterocycles. The van der Waals surface area contributed by atoms with E-state index in [1.807, 2.05) is 37.3 Å². The third kappa shape index (κ3) is 3.13. The van der Waals surface area contributed by atoms with Crippen molar-refractivity contribution in [1.82, 2.24) is 15.4 Å². The highest BCUT2D eigenvalue weighted by Gasteiger charge is 2.21. The van der Waals surface area contributed by atoms with Gasteiger partial charge in [0.05, 0.1) is 5.69 Å². The van der Waals surface area contributed by atoms with E-state index in [9.17, 15) is 4.79 Å². The Labute approximate surface area is 132 Å². The maximum atomic E-state index is 12.1. The van der Waals surface area contributed by atoms with E-state index in [0.29, 0.717) is 29.3 Å². The summed E-state index contributed by atoms with van der Waals surface area (Å²) in [4.78, 5) is 12.1. The second-order valence-corrected chi connectivity index (χ2v) is 4.86. The largest absolute Gasteiger partial charge is 0.452 e. The number of ether oxygens (including phenoxy) is 1. The highest BCUT2D eigenvalue weighted by molar-refractivity contribution is 5.91. The molecule has 0 amide bonds. The summed E-state index contributed by atoms with van der Waals surface area (Å²) in [6.45, 7) is 3.45. The van der Waals surface area contributed by atoms with Crippen LogP contribution >= 0.6 is 0 Å². The van der Waals surface area contributed by atoms with Crippen molar-refractivity contribution >= 4 is 5.97 Å². The molecule has 0 N–H and O–H groups in total. The van der Waals surface area contributed by atoms with Gasteiger partial charge in [0.15, 0.2) is 6.61 Å². The number of carbonyl (C=O) groups is 1. The summed E-state index contributed by atoms with van der Waals surface area (Å²) in [6.07, 6.45) is 0.584. The van der Waals surface area contributed by atoms with Gasteiger partial charge in [-0.3, -0.25) is 0 Å². The Hall–Kier alpha value is -2.96. The molecule has 0 atom stereocenters. The molecule has 0 spiro atoms. The summed E-state index contributed by atoms with van der Waals surface area (Å²) >= 11 is 0. The molecule has 2 heterocycles. The Morgan fingerprint density at radius 1 is 1.22 bits per heavy atom. The van der Waals surface area contributed by atoms with Crippen LogP contribution in [0.25, 0.3) is 11.5 Å². The van der Waals surface area contributed by atoms with E-state index in [0.717, 1.165) is 5.56 Å². The topological polar surface area (TPSA) is 91.2 Å². The van der Waals surface area contributed by atoms with Crippen LogP contribution in [0.15, 0.2) is 39.3 Å². The van der Waals surface area contributed by atoms with Gasteiger partial charge < -0.3 is 13.7 Å². The molecule has 0 saturated heterocycles. The first-order chi connectivity index (χ1) is 11.2. The first kappa shape index (κ1) is 15.0. The maximum absolute atomic E-state index is 12.1. The summed E-state index contributed by atoms with van der Waals surface area (Å²) in [6, 6.07) is 9.37. The summed E-state index contributed by atoms with van der Waals surface area (Å²) in [7, 11) is 0. The van der Waals surface area contributed by atoms with E-state index in [1.165, 1.54) is 0 Å². The lowest BCUT2D eigenvalue weighted by Crippen LogP contribution is -2.08. The van der Waals surface area contributed by atoms with Crippen molar-refractivity contribution in [3.8, 4) is 11.5 Å². The number of hydrogen-bond donors (Lipinski definition) is 0. The van der Waals surface area contributed by atoms with E-state index in [1.54, 1.807) is 6.92 Å². The number of esters is 1. The number of rotatable bonds is 5. The van der Waals surface area contributed by atoms with E-state index >= 15 is 0 Å². The van der Waals surface area contributed by atoms with Crippen LogP contribution in [0, 0.1) is 6.92 Å². The molecule has 0 bridgehead atoms. The van der Waals surface area contributed by atoms with Crippen molar-refractivity contribution < 1.29 is 18.5 Å². The zero-order valence-electron chi connectivity index (χ0n) is 12.8. The van der Waals surface area contributed by atoms with E-state index in [2.05, 4.69) is 15.4 Å². The molecular formula is C16H15N3O4. The van der Waals surface area contributed by atoms with Gasteiger partial charge in [0.25, 0.3) is 5.89 Å². The molecule has 1 aromatic carbocycles. The SMILES string of the molecule is CCc1noc(C)c1C(=O)OCc1nnc(-c2ccccc2)o1. The van der Waals surface area contributed by atoms with Gasteiger partial charge in [-0.15, -0.1) is 10.2 Å². The average molecular weight is 313 g/mol.